The van der Waals surface area contributed by atoms with Gasteiger partial charge in [0, 0.05) is 39.5 Å². The molecule has 0 bridgehead atoms. The van der Waals surface area contributed by atoms with E-state index in [9.17, 15) is 14.4 Å². The van der Waals surface area contributed by atoms with E-state index in [0.717, 1.165) is 5.56 Å². The van der Waals surface area contributed by atoms with E-state index in [1.54, 1.807) is 24.3 Å². The van der Waals surface area contributed by atoms with Crippen molar-refractivity contribution in [3.8, 4) is 5.75 Å². The second kappa shape index (κ2) is 13.7. The maximum absolute atomic E-state index is 12.9. The van der Waals surface area contributed by atoms with Gasteiger partial charge >= 0.3 is 6.16 Å². The first kappa shape index (κ1) is 27.3. The van der Waals surface area contributed by atoms with Crippen molar-refractivity contribution in [1.29, 1.82) is 0 Å². The van der Waals surface area contributed by atoms with Crippen molar-refractivity contribution in [1.82, 2.24) is 5.32 Å². The number of ketones is 1. The minimum atomic E-state index is -0.946. The highest BCUT2D eigenvalue weighted by atomic mass is 79.9. The first-order valence-corrected chi connectivity index (χ1v) is 11.6. The van der Waals surface area contributed by atoms with E-state index in [0.29, 0.717) is 22.2 Å². The van der Waals surface area contributed by atoms with Gasteiger partial charge in [-0.25, -0.2) is 4.79 Å². The van der Waals surface area contributed by atoms with Crippen LogP contribution < -0.4 is 10.1 Å². The monoisotopic (exact) mass is 596 g/mol. The van der Waals surface area contributed by atoms with Crippen LogP contribution in [0.2, 0.25) is 0 Å². The third-order valence-corrected chi connectivity index (χ3v) is 5.81. The van der Waals surface area contributed by atoms with Crippen LogP contribution in [0.15, 0.2) is 44.4 Å². The summed E-state index contributed by atoms with van der Waals surface area (Å²) in [6.45, 7) is 1.86. The number of Topliss-reactive ketones (excluding diaryl/α,β-unsaturated/α-hetero) is 1. The number of benzene rings is 2. The minimum absolute atomic E-state index is 0.0158. The van der Waals surface area contributed by atoms with Gasteiger partial charge in [-0.2, -0.15) is 0 Å². The van der Waals surface area contributed by atoms with Gasteiger partial charge in [0.05, 0.1) is 11.3 Å². The highest BCUT2D eigenvalue weighted by molar-refractivity contribution is 9.11. The molecule has 12 heteroatoms. The van der Waals surface area contributed by atoms with E-state index in [-0.39, 0.29) is 47.7 Å². The van der Waals surface area contributed by atoms with Crippen molar-refractivity contribution in [2.75, 3.05) is 20.3 Å². The van der Waals surface area contributed by atoms with Crippen LogP contribution in [0.4, 0.5) is 10.5 Å². The molecule has 1 amide bonds. The lowest BCUT2D eigenvalue weighted by Crippen LogP contribution is -2.27. The largest absolute Gasteiger partial charge is 0.514 e. The van der Waals surface area contributed by atoms with Crippen molar-refractivity contribution in [3.63, 3.8) is 0 Å². The first-order valence-electron chi connectivity index (χ1n) is 10.0. The Labute approximate surface area is 212 Å². The Kier molecular flexibility index (Phi) is 11.0. The van der Waals surface area contributed by atoms with E-state index < -0.39 is 12.1 Å². The zero-order valence-electron chi connectivity index (χ0n) is 18.5. The second-order valence-electron chi connectivity index (χ2n) is 7.03. The third-order valence-electron chi connectivity index (χ3n) is 4.44. The molecule has 10 nitrogen and oxygen atoms in total. The van der Waals surface area contributed by atoms with E-state index in [1.165, 1.54) is 13.2 Å². The van der Waals surface area contributed by atoms with Crippen molar-refractivity contribution < 1.29 is 28.6 Å². The summed E-state index contributed by atoms with van der Waals surface area (Å²) in [4.78, 5) is 39.4. The van der Waals surface area contributed by atoms with Crippen LogP contribution in [0.1, 0.15) is 34.3 Å². The van der Waals surface area contributed by atoms with E-state index >= 15 is 0 Å². The molecule has 0 aliphatic heterocycles. The number of azide groups is 1. The molecule has 0 heterocycles. The van der Waals surface area contributed by atoms with Gasteiger partial charge in [-0.3, -0.25) is 9.59 Å². The van der Waals surface area contributed by atoms with Crippen LogP contribution in [0, 0.1) is 6.92 Å². The molecule has 0 atom stereocenters. The average Bonchev–Trinajstić information content (AvgIpc) is 2.79. The summed E-state index contributed by atoms with van der Waals surface area (Å²) >= 11 is 6.60. The van der Waals surface area contributed by atoms with Crippen LogP contribution in [0.25, 0.3) is 10.4 Å². The van der Waals surface area contributed by atoms with Gasteiger partial charge in [-0.05, 0) is 53.0 Å². The number of methoxy groups -OCH3 is 1. The summed E-state index contributed by atoms with van der Waals surface area (Å²) < 4.78 is 15.7. The Hall–Kier alpha value is -2.92. The summed E-state index contributed by atoms with van der Waals surface area (Å²) in [5.41, 5.74) is 10.5. The van der Waals surface area contributed by atoms with Crippen molar-refractivity contribution >= 4 is 55.4 Å². The average molecular weight is 598 g/mol. The fourth-order valence-corrected chi connectivity index (χ4v) is 4.38. The second-order valence-corrected chi connectivity index (χ2v) is 8.68. The summed E-state index contributed by atoms with van der Waals surface area (Å²) in [5.74, 6) is -0.260. The molecule has 2 aromatic rings. The molecule has 1 N–H and O–H groups in total. The smallest absolute Gasteiger partial charge is 0.429 e. The van der Waals surface area contributed by atoms with Gasteiger partial charge in [0.15, 0.2) is 5.78 Å². The number of hydrogen-bond donors (Lipinski definition) is 1. The summed E-state index contributed by atoms with van der Waals surface area (Å²) in [6.07, 6.45) is -0.279. The third kappa shape index (κ3) is 8.14. The maximum atomic E-state index is 12.9. The van der Waals surface area contributed by atoms with Crippen LogP contribution >= 0.6 is 31.9 Å². The molecule has 0 aromatic heterocycles. The number of hydrogen-bond acceptors (Lipinski definition) is 7. The van der Waals surface area contributed by atoms with Crippen LogP contribution in [0.5, 0.6) is 5.75 Å². The predicted octanol–water partition coefficient (Wildman–Crippen LogP) is 5.90. The van der Waals surface area contributed by atoms with Crippen molar-refractivity contribution in [2.45, 2.75) is 26.4 Å². The maximum Gasteiger partial charge on any atom is 0.514 e. The summed E-state index contributed by atoms with van der Waals surface area (Å²) in [7, 11) is 1.44. The number of nitrogens with one attached hydrogen (secondary N) is 1. The lowest BCUT2D eigenvalue weighted by molar-refractivity contribution is -0.122. The molecule has 0 saturated heterocycles. The Morgan fingerprint density at radius 1 is 1.18 bits per heavy atom. The Bertz CT molecular complexity index is 1100. The molecule has 2 aromatic carbocycles. The van der Waals surface area contributed by atoms with E-state index in [2.05, 4.69) is 47.2 Å². The lowest BCUT2D eigenvalue weighted by Gasteiger charge is -2.15. The van der Waals surface area contributed by atoms with Gasteiger partial charge < -0.3 is 19.5 Å². The van der Waals surface area contributed by atoms with Gasteiger partial charge in [-0.15, -0.1) is 0 Å². The standard InChI is InChI=1S/C22H22Br2N4O6/c1-13-5-7-16(8-6-13)34-22(31)33-11-14-10-17(23)20(27-28-25)19(24)18(14)21(30)26-9-3-4-15(29)12-32-2/h5-8,10H,3-4,9,11-12H2,1-2H3,(H,26,30). The van der Waals surface area contributed by atoms with Gasteiger partial charge in [0.2, 0.25) is 0 Å². The number of ether oxygens (including phenoxy) is 3. The number of amides is 1. The lowest BCUT2D eigenvalue weighted by atomic mass is 10.1. The Morgan fingerprint density at radius 2 is 1.88 bits per heavy atom. The molecule has 0 unspecified atom stereocenters. The molecule has 0 radical (unpaired) electrons. The van der Waals surface area contributed by atoms with Crippen molar-refractivity contribution in [3.05, 3.63) is 66.4 Å². The number of carbonyl (C=O) groups is 3. The SMILES string of the molecule is COCC(=O)CCCNC(=O)c1c(COC(=O)Oc2ccc(C)cc2)cc(Br)c(N=[N+]=[N-])c1Br. The van der Waals surface area contributed by atoms with E-state index in [4.69, 9.17) is 19.7 Å². The zero-order valence-corrected chi connectivity index (χ0v) is 21.6. The number of rotatable bonds is 11. The minimum Gasteiger partial charge on any atom is -0.429 e. The summed E-state index contributed by atoms with van der Waals surface area (Å²) in [5, 5.41) is 6.32. The molecule has 0 saturated carbocycles. The first-order chi connectivity index (χ1) is 16.3. The predicted molar refractivity (Wildman–Crippen MR) is 131 cm³/mol. The van der Waals surface area contributed by atoms with Gasteiger partial charge in [-0.1, -0.05) is 38.7 Å². The van der Waals surface area contributed by atoms with Crippen LogP contribution in [-0.2, 0) is 20.9 Å². The molecule has 0 aliphatic carbocycles. The molecule has 2 rings (SSSR count). The molecule has 0 spiro atoms. The number of carbonyl (C=O) groups excluding carboxylic acids is 3. The number of halogens is 2. The van der Waals surface area contributed by atoms with Crippen molar-refractivity contribution in [2.24, 2.45) is 5.11 Å². The van der Waals surface area contributed by atoms with Crippen LogP contribution in [0.3, 0.4) is 0 Å². The Morgan fingerprint density at radius 3 is 2.53 bits per heavy atom. The quantitative estimate of drug-likeness (QED) is 0.0853. The van der Waals surface area contributed by atoms with Gasteiger partial charge in [0.1, 0.15) is 19.0 Å². The zero-order chi connectivity index (χ0) is 25.1. The summed E-state index contributed by atoms with van der Waals surface area (Å²) in [6, 6.07) is 8.36. The van der Waals surface area contributed by atoms with E-state index in [1.807, 2.05) is 6.92 Å². The molecule has 0 fully saturated rings. The number of nitrogens with zero attached hydrogens (tertiary/aromatic N) is 3. The normalized spacial score (nSPS) is 10.2. The molecule has 34 heavy (non-hydrogen) atoms. The molecular weight excluding hydrogens is 576 g/mol. The molecular formula is C22H22Br2N4O6. The number of aryl methyl sites for hydroxylation is 1. The fourth-order valence-electron chi connectivity index (χ4n) is 2.83. The highest BCUT2D eigenvalue weighted by Crippen LogP contribution is 2.39. The Balaban J connectivity index is 2.15. The molecule has 180 valence electrons. The highest BCUT2D eigenvalue weighted by Gasteiger charge is 2.22. The van der Waals surface area contributed by atoms with Crippen LogP contribution in [-0.4, -0.2) is 38.1 Å². The van der Waals surface area contributed by atoms with Gasteiger partial charge in [0.25, 0.3) is 5.91 Å². The topological polar surface area (TPSA) is 140 Å². The fraction of sp³-hybridized carbons (Fsp3) is 0.318. The molecule has 0 aliphatic rings.